The van der Waals surface area contributed by atoms with Crippen molar-refractivity contribution in [1.29, 1.82) is 0 Å². The van der Waals surface area contributed by atoms with Gasteiger partial charge in [0, 0.05) is 26.2 Å². The molecule has 6 heteroatoms. The minimum absolute atomic E-state index is 0. The summed E-state index contributed by atoms with van der Waals surface area (Å²) in [5.41, 5.74) is 2.51. The van der Waals surface area contributed by atoms with Gasteiger partial charge in [0.25, 0.3) is 5.92 Å². The number of hydrogen-bond donors (Lipinski definition) is 2. The summed E-state index contributed by atoms with van der Waals surface area (Å²) >= 11 is 0. The number of aliphatic hydroxyl groups is 1. The maximum Gasteiger partial charge on any atom is 0.289 e. The topological polar surface area (TPSA) is 35.5 Å². The summed E-state index contributed by atoms with van der Waals surface area (Å²) < 4.78 is 28.5. The molecule has 1 aliphatic heterocycles. The van der Waals surface area contributed by atoms with E-state index in [1.54, 1.807) is 11.0 Å². The Bertz CT molecular complexity index is 465. The molecule has 21 heavy (non-hydrogen) atoms. The Morgan fingerprint density at radius 3 is 2.43 bits per heavy atom. The van der Waals surface area contributed by atoms with Gasteiger partial charge in [-0.1, -0.05) is 23.8 Å². The number of aryl methyl sites for hydroxylation is 2. The monoisotopic (exact) mass is 320 g/mol. The van der Waals surface area contributed by atoms with Crippen LogP contribution in [0.1, 0.15) is 22.7 Å². The van der Waals surface area contributed by atoms with Gasteiger partial charge in [0.2, 0.25) is 0 Å². The van der Waals surface area contributed by atoms with E-state index in [4.69, 9.17) is 5.11 Å². The maximum atomic E-state index is 14.3. The molecule has 0 bridgehead atoms. The van der Waals surface area contributed by atoms with Gasteiger partial charge < -0.3 is 10.4 Å². The van der Waals surface area contributed by atoms with Crippen LogP contribution in [0.5, 0.6) is 0 Å². The third-order valence-electron chi connectivity index (χ3n) is 3.85. The molecule has 1 aliphatic rings. The fourth-order valence-electron chi connectivity index (χ4n) is 2.85. The van der Waals surface area contributed by atoms with Crippen molar-refractivity contribution in [1.82, 2.24) is 10.2 Å². The summed E-state index contributed by atoms with van der Waals surface area (Å²) in [6.07, 6.45) is 0. The molecule has 0 aromatic heterocycles. The first-order valence-corrected chi connectivity index (χ1v) is 6.96. The number of aliphatic hydroxyl groups excluding tert-OH is 1. The summed E-state index contributed by atoms with van der Waals surface area (Å²) in [7, 11) is 0. The molecule has 2 rings (SSSR count). The SMILES string of the molecule is Cc1ccc([C@@H](N2CCNCC2)C(F)(F)CO)c(C)c1.Cl. The first-order valence-electron chi connectivity index (χ1n) is 6.96. The van der Waals surface area contributed by atoms with Crippen molar-refractivity contribution in [2.75, 3.05) is 32.8 Å². The Morgan fingerprint density at radius 2 is 1.90 bits per heavy atom. The van der Waals surface area contributed by atoms with Crippen LogP contribution in [0, 0.1) is 13.8 Å². The number of nitrogens with zero attached hydrogens (tertiary/aromatic N) is 1. The van der Waals surface area contributed by atoms with Crippen LogP contribution < -0.4 is 5.32 Å². The summed E-state index contributed by atoms with van der Waals surface area (Å²) in [5, 5.41) is 12.3. The molecule has 1 heterocycles. The fourth-order valence-corrected chi connectivity index (χ4v) is 2.85. The van der Waals surface area contributed by atoms with Gasteiger partial charge in [0.15, 0.2) is 0 Å². The lowest BCUT2D eigenvalue weighted by Gasteiger charge is -2.39. The van der Waals surface area contributed by atoms with Crippen molar-refractivity contribution in [2.45, 2.75) is 25.8 Å². The second-order valence-corrected chi connectivity index (χ2v) is 5.47. The van der Waals surface area contributed by atoms with Crippen molar-refractivity contribution in [2.24, 2.45) is 0 Å². The fraction of sp³-hybridized carbons (Fsp3) is 0.600. The first-order chi connectivity index (χ1) is 9.45. The molecule has 0 saturated carbocycles. The minimum Gasteiger partial charge on any atom is -0.390 e. The van der Waals surface area contributed by atoms with E-state index < -0.39 is 18.6 Å². The summed E-state index contributed by atoms with van der Waals surface area (Å²) in [6.45, 7) is 5.19. The van der Waals surface area contributed by atoms with Crippen LogP contribution in [-0.4, -0.2) is 48.7 Å². The molecule has 1 aromatic carbocycles. The van der Waals surface area contributed by atoms with Crippen molar-refractivity contribution in [3.05, 3.63) is 34.9 Å². The molecular formula is C15H23ClF2N2O. The number of hydrogen-bond acceptors (Lipinski definition) is 3. The number of piperazine rings is 1. The van der Waals surface area contributed by atoms with E-state index in [0.29, 0.717) is 31.7 Å². The molecular weight excluding hydrogens is 298 g/mol. The summed E-state index contributed by atoms with van der Waals surface area (Å²) in [5.74, 6) is -3.14. The third kappa shape index (κ3) is 4.13. The molecule has 1 saturated heterocycles. The molecule has 0 amide bonds. The Morgan fingerprint density at radius 1 is 1.29 bits per heavy atom. The van der Waals surface area contributed by atoms with Crippen molar-refractivity contribution < 1.29 is 13.9 Å². The Balaban J connectivity index is 0.00000220. The first kappa shape index (κ1) is 18.3. The average Bonchev–Trinajstić information content (AvgIpc) is 2.43. The summed E-state index contributed by atoms with van der Waals surface area (Å²) in [6, 6.07) is 4.47. The maximum absolute atomic E-state index is 14.3. The lowest BCUT2D eigenvalue weighted by molar-refractivity contribution is -0.118. The minimum atomic E-state index is -3.14. The van der Waals surface area contributed by atoms with Gasteiger partial charge in [-0.2, -0.15) is 0 Å². The smallest absolute Gasteiger partial charge is 0.289 e. The predicted molar refractivity (Wildman–Crippen MR) is 82.4 cm³/mol. The number of halogens is 3. The van der Waals surface area contributed by atoms with Crippen LogP contribution >= 0.6 is 12.4 Å². The highest BCUT2D eigenvalue weighted by Gasteiger charge is 2.44. The van der Waals surface area contributed by atoms with E-state index in [1.165, 1.54) is 0 Å². The lowest BCUT2D eigenvalue weighted by atomic mass is 9.93. The zero-order valence-corrected chi connectivity index (χ0v) is 13.2. The van der Waals surface area contributed by atoms with Gasteiger partial charge >= 0.3 is 0 Å². The lowest BCUT2D eigenvalue weighted by Crippen LogP contribution is -2.51. The molecule has 2 N–H and O–H groups in total. The van der Waals surface area contributed by atoms with Gasteiger partial charge in [-0.05, 0) is 25.0 Å². The summed E-state index contributed by atoms with van der Waals surface area (Å²) in [4.78, 5) is 1.77. The number of benzene rings is 1. The van der Waals surface area contributed by atoms with E-state index in [-0.39, 0.29) is 12.4 Å². The second kappa shape index (κ2) is 7.49. The Kier molecular flexibility index (Phi) is 6.53. The number of nitrogens with one attached hydrogen (secondary N) is 1. The zero-order valence-electron chi connectivity index (χ0n) is 12.4. The highest BCUT2D eigenvalue weighted by molar-refractivity contribution is 5.85. The molecule has 1 aromatic rings. The normalized spacial score (nSPS) is 18.1. The quantitative estimate of drug-likeness (QED) is 0.893. The Hall–Kier alpha value is -0.750. The molecule has 0 aliphatic carbocycles. The van der Waals surface area contributed by atoms with E-state index in [9.17, 15) is 8.78 Å². The molecule has 1 atom stereocenters. The van der Waals surface area contributed by atoms with E-state index in [2.05, 4.69) is 5.32 Å². The van der Waals surface area contributed by atoms with Crippen LogP contribution in [0.3, 0.4) is 0 Å². The van der Waals surface area contributed by atoms with Crippen LogP contribution in [-0.2, 0) is 0 Å². The van der Waals surface area contributed by atoms with Crippen LogP contribution in [0.15, 0.2) is 18.2 Å². The van der Waals surface area contributed by atoms with Gasteiger partial charge in [-0.25, -0.2) is 8.78 Å². The molecule has 1 fully saturated rings. The van der Waals surface area contributed by atoms with E-state index in [1.807, 2.05) is 26.0 Å². The van der Waals surface area contributed by atoms with Gasteiger partial charge in [-0.3, -0.25) is 4.90 Å². The third-order valence-corrected chi connectivity index (χ3v) is 3.85. The highest BCUT2D eigenvalue weighted by atomic mass is 35.5. The average molecular weight is 321 g/mol. The van der Waals surface area contributed by atoms with Crippen molar-refractivity contribution >= 4 is 12.4 Å². The van der Waals surface area contributed by atoms with E-state index in [0.717, 1.165) is 11.1 Å². The van der Waals surface area contributed by atoms with Crippen LogP contribution in [0.4, 0.5) is 8.78 Å². The number of rotatable bonds is 4. The number of alkyl halides is 2. The van der Waals surface area contributed by atoms with Gasteiger partial charge in [0.05, 0.1) is 0 Å². The predicted octanol–water partition coefficient (Wildman–Crippen LogP) is 2.30. The van der Waals surface area contributed by atoms with Crippen molar-refractivity contribution in [3.8, 4) is 0 Å². The van der Waals surface area contributed by atoms with Crippen LogP contribution in [0.2, 0.25) is 0 Å². The zero-order chi connectivity index (χ0) is 14.8. The molecule has 3 nitrogen and oxygen atoms in total. The van der Waals surface area contributed by atoms with Gasteiger partial charge in [0.1, 0.15) is 12.6 Å². The van der Waals surface area contributed by atoms with E-state index >= 15 is 0 Å². The van der Waals surface area contributed by atoms with Gasteiger partial charge in [-0.15, -0.1) is 12.4 Å². The second-order valence-electron chi connectivity index (χ2n) is 5.47. The highest BCUT2D eigenvalue weighted by Crippen LogP contribution is 2.38. The molecule has 120 valence electrons. The van der Waals surface area contributed by atoms with Crippen LogP contribution in [0.25, 0.3) is 0 Å². The molecule has 0 spiro atoms. The van der Waals surface area contributed by atoms with Crippen molar-refractivity contribution in [3.63, 3.8) is 0 Å². The Labute approximate surface area is 130 Å². The largest absolute Gasteiger partial charge is 0.390 e. The molecule has 0 unspecified atom stereocenters. The standard InChI is InChI=1S/C15H22F2N2O.ClH/c1-11-3-4-13(12(2)9-11)14(15(16,17)10-20)19-7-5-18-6-8-19;/h3-4,9,14,18,20H,5-8,10H2,1-2H3;1H/t14-;/m1./s1. The molecule has 0 radical (unpaired) electrons.